The second kappa shape index (κ2) is 7.11. The van der Waals surface area contributed by atoms with Crippen molar-refractivity contribution in [3.05, 3.63) is 16.8 Å². The fourth-order valence-electron chi connectivity index (χ4n) is 3.78. The van der Waals surface area contributed by atoms with Gasteiger partial charge in [-0.05, 0) is 32.3 Å². The molecule has 0 spiro atoms. The molecule has 1 amide bonds. The van der Waals surface area contributed by atoms with E-state index in [1.165, 1.54) is 15.8 Å². The van der Waals surface area contributed by atoms with Gasteiger partial charge in [-0.1, -0.05) is 0 Å². The van der Waals surface area contributed by atoms with E-state index >= 15 is 0 Å². The Bertz CT molecular complexity index is 777. The second-order valence-corrected chi connectivity index (χ2v) is 9.29. The lowest BCUT2D eigenvalue weighted by Crippen LogP contribution is -2.45. The van der Waals surface area contributed by atoms with Gasteiger partial charge >= 0.3 is 0 Å². The lowest BCUT2D eigenvalue weighted by atomic mass is 9.95. The minimum atomic E-state index is 0.182. The average molecular weight is 377 g/mol. The summed E-state index contributed by atoms with van der Waals surface area (Å²) in [7, 11) is 0. The molecule has 2 aliphatic heterocycles. The van der Waals surface area contributed by atoms with Crippen LogP contribution in [0.4, 0.5) is 5.82 Å². The molecule has 2 fully saturated rings. The summed E-state index contributed by atoms with van der Waals surface area (Å²) in [6, 6.07) is 0. The molecule has 4 heterocycles. The van der Waals surface area contributed by atoms with Gasteiger partial charge in [0.1, 0.15) is 17.0 Å². The van der Waals surface area contributed by atoms with Gasteiger partial charge in [0, 0.05) is 48.5 Å². The van der Waals surface area contributed by atoms with Crippen LogP contribution in [0.5, 0.6) is 0 Å². The first kappa shape index (κ1) is 17.1. The van der Waals surface area contributed by atoms with Crippen LogP contribution < -0.4 is 4.90 Å². The first-order valence-corrected chi connectivity index (χ1v) is 10.9. The number of nitrogens with zero attached hydrogens (tertiary/aromatic N) is 4. The average Bonchev–Trinajstić information content (AvgIpc) is 2.96. The number of thiophene rings is 1. The van der Waals surface area contributed by atoms with Gasteiger partial charge in [0.15, 0.2) is 0 Å². The first-order chi connectivity index (χ1) is 12.1. The fraction of sp³-hybridized carbons (Fsp3) is 0.611. The minimum absolute atomic E-state index is 0.182. The third-order valence-corrected chi connectivity index (χ3v) is 7.47. The van der Waals surface area contributed by atoms with Gasteiger partial charge in [-0.2, -0.15) is 11.8 Å². The third kappa shape index (κ3) is 3.24. The number of aromatic nitrogens is 2. The van der Waals surface area contributed by atoms with Crippen molar-refractivity contribution in [1.29, 1.82) is 0 Å². The van der Waals surface area contributed by atoms with Crippen LogP contribution in [0.15, 0.2) is 6.33 Å². The quantitative estimate of drug-likeness (QED) is 0.806. The van der Waals surface area contributed by atoms with Gasteiger partial charge in [-0.3, -0.25) is 4.79 Å². The van der Waals surface area contributed by atoms with Crippen LogP contribution in [-0.4, -0.2) is 58.5 Å². The molecule has 0 aromatic carbocycles. The predicted octanol–water partition coefficient (Wildman–Crippen LogP) is 3.10. The van der Waals surface area contributed by atoms with Crippen molar-refractivity contribution in [2.45, 2.75) is 26.7 Å². The second-order valence-electron chi connectivity index (χ2n) is 6.86. The maximum atomic E-state index is 12.7. The normalized spacial score (nSPS) is 19.6. The minimum Gasteiger partial charge on any atom is -0.356 e. The SMILES string of the molecule is Cc1sc2ncnc(N3CCC(C(=O)N4CCSCC4)CC3)c2c1C. The summed E-state index contributed by atoms with van der Waals surface area (Å²) in [6.07, 6.45) is 3.53. The van der Waals surface area contributed by atoms with E-state index in [0.29, 0.717) is 5.91 Å². The Kier molecular flexibility index (Phi) is 4.86. The molecular formula is C18H24N4OS2. The number of fused-ring (bicyclic) bond motifs is 1. The van der Waals surface area contributed by atoms with E-state index in [-0.39, 0.29) is 5.92 Å². The summed E-state index contributed by atoms with van der Waals surface area (Å²) >= 11 is 3.69. The van der Waals surface area contributed by atoms with Crippen molar-refractivity contribution in [3.63, 3.8) is 0 Å². The zero-order chi connectivity index (χ0) is 17.4. The standard InChI is InChI=1S/C18H24N4OS2/c1-12-13(2)25-17-15(12)16(19-11-20-17)21-5-3-14(4-6-21)18(23)22-7-9-24-10-8-22/h11,14H,3-10H2,1-2H3. The van der Waals surface area contributed by atoms with E-state index in [2.05, 4.69) is 33.6 Å². The summed E-state index contributed by atoms with van der Waals surface area (Å²) in [6.45, 7) is 7.95. The molecular weight excluding hydrogens is 352 g/mol. The highest BCUT2D eigenvalue weighted by molar-refractivity contribution is 7.99. The summed E-state index contributed by atoms with van der Waals surface area (Å²) in [5.41, 5.74) is 1.29. The number of anilines is 1. The molecule has 2 aromatic heterocycles. The number of hydrogen-bond donors (Lipinski definition) is 0. The van der Waals surface area contributed by atoms with E-state index in [1.807, 2.05) is 11.8 Å². The molecule has 2 aromatic rings. The molecule has 2 aliphatic rings. The van der Waals surface area contributed by atoms with E-state index in [9.17, 15) is 4.79 Å². The molecule has 7 heteroatoms. The Labute approximate surface area is 156 Å². The summed E-state index contributed by atoms with van der Waals surface area (Å²) in [5, 5.41) is 1.20. The number of hydrogen-bond acceptors (Lipinski definition) is 6. The lowest BCUT2D eigenvalue weighted by Gasteiger charge is -2.36. The summed E-state index contributed by atoms with van der Waals surface area (Å²) < 4.78 is 0. The molecule has 0 aliphatic carbocycles. The lowest BCUT2D eigenvalue weighted by molar-refractivity contribution is -0.135. The molecule has 0 saturated carbocycles. The fourth-order valence-corrected chi connectivity index (χ4v) is 5.68. The van der Waals surface area contributed by atoms with E-state index in [4.69, 9.17) is 0 Å². The molecule has 0 N–H and O–H groups in total. The monoisotopic (exact) mass is 376 g/mol. The van der Waals surface area contributed by atoms with Crippen molar-refractivity contribution in [2.24, 2.45) is 5.92 Å². The Balaban J connectivity index is 1.48. The van der Waals surface area contributed by atoms with Crippen molar-refractivity contribution in [1.82, 2.24) is 14.9 Å². The smallest absolute Gasteiger partial charge is 0.225 e. The van der Waals surface area contributed by atoms with Crippen LogP contribution in [0.2, 0.25) is 0 Å². The van der Waals surface area contributed by atoms with Crippen LogP contribution in [0.3, 0.4) is 0 Å². The van der Waals surface area contributed by atoms with Crippen LogP contribution in [0.25, 0.3) is 10.2 Å². The van der Waals surface area contributed by atoms with Gasteiger partial charge in [-0.25, -0.2) is 9.97 Å². The Morgan fingerprint density at radius 1 is 1.12 bits per heavy atom. The highest BCUT2D eigenvalue weighted by Gasteiger charge is 2.30. The van der Waals surface area contributed by atoms with E-state index in [1.54, 1.807) is 17.7 Å². The Morgan fingerprint density at radius 3 is 2.56 bits per heavy atom. The zero-order valence-electron chi connectivity index (χ0n) is 14.8. The Morgan fingerprint density at radius 2 is 1.84 bits per heavy atom. The first-order valence-electron chi connectivity index (χ1n) is 8.97. The molecule has 0 radical (unpaired) electrons. The molecule has 134 valence electrons. The van der Waals surface area contributed by atoms with Crippen molar-refractivity contribution >= 4 is 45.0 Å². The number of rotatable bonds is 2. The van der Waals surface area contributed by atoms with Crippen LogP contribution >= 0.6 is 23.1 Å². The Hall–Kier alpha value is -1.34. The highest BCUT2D eigenvalue weighted by atomic mass is 32.2. The number of thioether (sulfide) groups is 1. The van der Waals surface area contributed by atoms with Gasteiger partial charge in [0.25, 0.3) is 0 Å². The van der Waals surface area contributed by atoms with Crippen LogP contribution in [0.1, 0.15) is 23.3 Å². The van der Waals surface area contributed by atoms with Gasteiger partial charge < -0.3 is 9.80 Å². The van der Waals surface area contributed by atoms with Crippen molar-refractivity contribution in [3.8, 4) is 0 Å². The largest absolute Gasteiger partial charge is 0.356 e. The van der Waals surface area contributed by atoms with Gasteiger partial charge in [-0.15, -0.1) is 11.3 Å². The maximum Gasteiger partial charge on any atom is 0.225 e. The van der Waals surface area contributed by atoms with Crippen molar-refractivity contribution in [2.75, 3.05) is 42.6 Å². The topological polar surface area (TPSA) is 49.3 Å². The van der Waals surface area contributed by atoms with Crippen molar-refractivity contribution < 1.29 is 4.79 Å². The van der Waals surface area contributed by atoms with E-state index < -0.39 is 0 Å². The van der Waals surface area contributed by atoms with Gasteiger partial charge in [0.2, 0.25) is 5.91 Å². The highest BCUT2D eigenvalue weighted by Crippen LogP contribution is 2.35. The number of carbonyl (C=O) groups excluding carboxylic acids is 1. The third-order valence-electron chi connectivity index (χ3n) is 5.41. The molecule has 5 nitrogen and oxygen atoms in total. The molecule has 25 heavy (non-hydrogen) atoms. The predicted molar refractivity (Wildman–Crippen MR) is 106 cm³/mol. The molecule has 2 saturated heterocycles. The number of aryl methyl sites for hydroxylation is 2. The number of piperidine rings is 1. The number of amides is 1. The van der Waals surface area contributed by atoms with Gasteiger partial charge in [0.05, 0.1) is 5.39 Å². The van der Waals surface area contributed by atoms with E-state index in [0.717, 1.165) is 61.2 Å². The van der Waals surface area contributed by atoms with Crippen LogP contribution in [0, 0.1) is 19.8 Å². The molecule has 0 atom stereocenters. The zero-order valence-corrected chi connectivity index (χ0v) is 16.5. The summed E-state index contributed by atoms with van der Waals surface area (Å²) in [4.78, 5) is 28.6. The molecule has 4 rings (SSSR count). The summed E-state index contributed by atoms with van der Waals surface area (Å²) in [5.74, 6) is 3.77. The van der Waals surface area contributed by atoms with Crippen LogP contribution in [-0.2, 0) is 4.79 Å². The maximum absolute atomic E-state index is 12.7. The molecule has 0 bridgehead atoms. The molecule has 0 unspecified atom stereocenters. The number of carbonyl (C=O) groups is 1.